The summed E-state index contributed by atoms with van der Waals surface area (Å²) in [5.74, 6) is -1.42. The summed E-state index contributed by atoms with van der Waals surface area (Å²) in [6, 6.07) is 6.54. The van der Waals surface area contributed by atoms with Crippen molar-refractivity contribution in [3.8, 4) is 11.5 Å². The van der Waals surface area contributed by atoms with Gasteiger partial charge < -0.3 is 20.1 Å². The number of aromatic amines is 1. The van der Waals surface area contributed by atoms with E-state index in [4.69, 9.17) is 4.74 Å². The molecule has 2 heterocycles. The van der Waals surface area contributed by atoms with Gasteiger partial charge in [0, 0.05) is 19.2 Å². The molecule has 0 atom stereocenters. The number of amides is 1. The van der Waals surface area contributed by atoms with Crippen LogP contribution in [0.15, 0.2) is 47.5 Å². The fourth-order valence-corrected chi connectivity index (χ4v) is 3.08. The molecule has 0 saturated heterocycles. The summed E-state index contributed by atoms with van der Waals surface area (Å²) < 4.78 is 44.9. The number of nitrogens with one attached hydrogen (secondary N) is 2. The van der Waals surface area contributed by atoms with Crippen LogP contribution in [0.4, 0.5) is 13.2 Å². The van der Waals surface area contributed by atoms with E-state index >= 15 is 0 Å². The molecule has 2 aromatic heterocycles. The molecule has 3 N–H and O–H groups in total. The van der Waals surface area contributed by atoms with Crippen LogP contribution in [0.1, 0.15) is 33.0 Å². The largest absolute Gasteiger partial charge is 0.501 e. The highest BCUT2D eigenvalue weighted by atomic mass is 19.4. The number of aromatic nitrogens is 3. The van der Waals surface area contributed by atoms with Crippen LogP contribution in [0.3, 0.4) is 0 Å². The van der Waals surface area contributed by atoms with Crippen LogP contribution >= 0.6 is 0 Å². The third-order valence-electron chi connectivity index (χ3n) is 4.61. The second-order valence-corrected chi connectivity index (χ2v) is 6.73. The fraction of sp³-hybridized carbons (Fsp3) is 0.238. The maximum Gasteiger partial charge on any atom is 0.416 e. The lowest BCUT2D eigenvalue weighted by molar-refractivity contribution is -0.138. The van der Waals surface area contributed by atoms with E-state index in [2.05, 4.69) is 20.3 Å². The summed E-state index contributed by atoms with van der Waals surface area (Å²) in [5, 5.41) is 12.5. The standard InChI is InChI=1S/C21H19F3N4O4/c1-32-15-11-25-8-6-12(15)7-9-26-19(30)17-18(29)20(31)28-16(27-17)10-13-4-2-3-5-14(13)21(22,23)24/h2-6,8,11,29H,7,9-10H2,1H3,(H,26,30)(H,27,28,31). The molecule has 0 bridgehead atoms. The summed E-state index contributed by atoms with van der Waals surface area (Å²) >= 11 is 0. The Bertz CT molecular complexity index is 1180. The van der Waals surface area contributed by atoms with E-state index in [0.717, 1.165) is 11.6 Å². The summed E-state index contributed by atoms with van der Waals surface area (Å²) in [4.78, 5) is 34.6. The Morgan fingerprint density at radius 3 is 2.69 bits per heavy atom. The third-order valence-corrected chi connectivity index (χ3v) is 4.61. The zero-order valence-corrected chi connectivity index (χ0v) is 16.9. The van der Waals surface area contributed by atoms with Gasteiger partial charge in [-0.05, 0) is 29.7 Å². The van der Waals surface area contributed by atoms with Gasteiger partial charge in [-0.2, -0.15) is 13.2 Å². The zero-order chi connectivity index (χ0) is 23.3. The Morgan fingerprint density at radius 1 is 1.22 bits per heavy atom. The molecule has 0 aliphatic heterocycles. The number of rotatable bonds is 7. The Morgan fingerprint density at radius 2 is 1.97 bits per heavy atom. The highest BCUT2D eigenvalue weighted by molar-refractivity contribution is 5.94. The Kier molecular flexibility index (Phi) is 6.76. The maximum absolute atomic E-state index is 13.2. The maximum atomic E-state index is 13.2. The second kappa shape index (κ2) is 9.50. The van der Waals surface area contributed by atoms with Crippen LogP contribution in [0.25, 0.3) is 0 Å². The van der Waals surface area contributed by atoms with Crippen molar-refractivity contribution in [1.82, 2.24) is 20.3 Å². The van der Waals surface area contributed by atoms with Crippen LogP contribution in [-0.4, -0.2) is 39.6 Å². The molecule has 1 amide bonds. The molecule has 0 saturated carbocycles. The van der Waals surface area contributed by atoms with Crippen molar-refractivity contribution in [2.24, 2.45) is 0 Å². The molecular formula is C21H19F3N4O4. The Labute approximate surface area is 180 Å². The van der Waals surface area contributed by atoms with Gasteiger partial charge in [0.2, 0.25) is 5.75 Å². The normalized spacial score (nSPS) is 11.2. The first-order valence-corrected chi connectivity index (χ1v) is 9.43. The number of hydrogen-bond acceptors (Lipinski definition) is 6. The Balaban J connectivity index is 1.78. The van der Waals surface area contributed by atoms with E-state index in [1.807, 2.05) is 0 Å². The number of methoxy groups -OCH3 is 1. The number of halogens is 3. The molecule has 0 aliphatic carbocycles. The summed E-state index contributed by atoms with van der Waals surface area (Å²) in [5.41, 5.74) is -1.84. The number of nitrogens with zero attached hydrogens (tertiary/aromatic N) is 2. The van der Waals surface area contributed by atoms with Crippen molar-refractivity contribution in [2.45, 2.75) is 19.0 Å². The van der Waals surface area contributed by atoms with E-state index in [9.17, 15) is 27.9 Å². The number of ether oxygens (including phenoxy) is 1. The van der Waals surface area contributed by atoms with Crippen LogP contribution in [0, 0.1) is 0 Å². The first-order chi connectivity index (χ1) is 15.2. The number of aromatic hydroxyl groups is 1. The molecule has 0 aliphatic rings. The van der Waals surface area contributed by atoms with Gasteiger partial charge in [0.25, 0.3) is 11.5 Å². The van der Waals surface area contributed by atoms with E-state index in [-0.39, 0.29) is 24.4 Å². The van der Waals surface area contributed by atoms with Gasteiger partial charge >= 0.3 is 6.18 Å². The smallest absolute Gasteiger partial charge is 0.416 e. The molecule has 3 aromatic rings. The average molecular weight is 448 g/mol. The van der Waals surface area contributed by atoms with Gasteiger partial charge in [0.1, 0.15) is 11.6 Å². The van der Waals surface area contributed by atoms with Gasteiger partial charge in [-0.1, -0.05) is 18.2 Å². The van der Waals surface area contributed by atoms with Gasteiger partial charge in [-0.25, -0.2) is 4.98 Å². The number of pyridine rings is 1. The number of hydrogen-bond donors (Lipinski definition) is 3. The average Bonchev–Trinajstić information content (AvgIpc) is 2.76. The van der Waals surface area contributed by atoms with Gasteiger partial charge in [-0.3, -0.25) is 14.6 Å². The van der Waals surface area contributed by atoms with Crippen molar-refractivity contribution >= 4 is 5.91 Å². The highest BCUT2D eigenvalue weighted by Gasteiger charge is 2.33. The molecular weight excluding hydrogens is 429 g/mol. The quantitative estimate of drug-likeness (QED) is 0.511. The summed E-state index contributed by atoms with van der Waals surface area (Å²) in [7, 11) is 1.48. The minimum absolute atomic E-state index is 0.124. The van der Waals surface area contributed by atoms with Crippen molar-refractivity contribution in [1.29, 1.82) is 0 Å². The topological polar surface area (TPSA) is 117 Å². The predicted octanol–water partition coefficient (Wildman–Crippen LogP) is 2.46. The second-order valence-electron chi connectivity index (χ2n) is 6.73. The molecule has 1 aromatic carbocycles. The molecule has 0 fully saturated rings. The predicted molar refractivity (Wildman–Crippen MR) is 108 cm³/mol. The zero-order valence-electron chi connectivity index (χ0n) is 16.9. The van der Waals surface area contributed by atoms with E-state index in [0.29, 0.717) is 12.2 Å². The van der Waals surface area contributed by atoms with Gasteiger partial charge in [0.15, 0.2) is 5.69 Å². The van der Waals surface area contributed by atoms with E-state index < -0.39 is 34.6 Å². The van der Waals surface area contributed by atoms with E-state index in [1.165, 1.54) is 31.5 Å². The van der Waals surface area contributed by atoms with Crippen LogP contribution in [0.5, 0.6) is 11.5 Å². The lowest BCUT2D eigenvalue weighted by atomic mass is 10.0. The third kappa shape index (κ3) is 5.23. The molecule has 0 radical (unpaired) electrons. The number of carbonyl (C=O) groups excluding carboxylic acids is 1. The van der Waals surface area contributed by atoms with Gasteiger partial charge in [0.05, 0.1) is 18.9 Å². The fourth-order valence-electron chi connectivity index (χ4n) is 3.08. The van der Waals surface area contributed by atoms with Crippen molar-refractivity contribution < 1.29 is 27.8 Å². The van der Waals surface area contributed by atoms with Crippen LogP contribution < -0.4 is 15.6 Å². The minimum atomic E-state index is -4.60. The molecule has 11 heteroatoms. The number of alkyl halides is 3. The number of carbonyl (C=O) groups is 1. The molecule has 8 nitrogen and oxygen atoms in total. The number of H-pyrrole nitrogens is 1. The molecule has 3 rings (SSSR count). The monoisotopic (exact) mass is 448 g/mol. The minimum Gasteiger partial charge on any atom is -0.501 e. The molecule has 32 heavy (non-hydrogen) atoms. The molecule has 168 valence electrons. The SMILES string of the molecule is COc1cnccc1CCNC(=O)c1nc(Cc2ccccc2C(F)(F)F)[nH]c(=O)c1O. The summed E-state index contributed by atoms with van der Waals surface area (Å²) in [6.45, 7) is 0.124. The van der Waals surface area contributed by atoms with Gasteiger partial charge in [-0.15, -0.1) is 0 Å². The Hall–Kier alpha value is -3.89. The summed E-state index contributed by atoms with van der Waals surface area (Å²) in [6.07, 6.45) is -1.53. The number of benzene rings is 1. The lowest BCUT2D eigenvalue weighted by Gasteiger charge is -2.13. The van der Waals surface area contributed by atoms with Crippen molar-refractivity contribution in [3.63, 3.8) is 0 Å². The first-order valence-electron chi connectivity index (χ1n) is 9.43. The van der Waals surface area contributed by atoms with Crippen molar-refractivity contribution in [2.75, 3.05) is 13.7 Å². The van der Waals surface area contributed by atoms with Crippen molar-refractivity contribution in [3.05, 3.63) is 81.3 Å². The lowest BCUT2D eigenvalue weighted by Crippen LogP contribution is -2.29. The highest BCUT2D eigenvalue weighted by Crippen LogP contribution is 2.32. The first kappa shape index (κ1) is 22.8. The van der Waals surface area contributed by atoms with Crippen LogP contribution in [-0.2, 0) is 19.0 Å². The van der Waals surface area contributed by atoms with E-state index in [1.54, 1.807) is 12.3 Å². The molecule has 0 spiro atoms. The van der Waals surface area contributed by atoms with Crippen LogP contribution in [0.2, 0.25) is 0 Å². The molecule has 0 unspecified atom stereocenters.